The number of carbonyl (C=O) groups excluding carboxylic acids is 1. The number of hydrogen-bond acceptors (Lipinski definition) is 5. The highest BCUT2D eigenvalue weighted by Gasteiger charge is 2.23. The van der Waals surface area contributed by atoms with Crippen LogP contribution >= 0.6 is 0 Å². The SMILES string of the molecule is CC(NC(=NCc1ccc([N+](=O)[O-])cc1)NCC(=O)NC(C)(C)C)C1CCCO1. The fourth-order valence-corrected chi connectivity index (χ4v) is 2.98. The molecule has 9 heteroatoms. The highest BCUT2D eigenvalue weighted by Crippen LogP contribution is 2.15. The van der Waals surface area contributed by atoms with Gasteiger partial charge in [0.15, 0.2) is 5.96 Å². The lowest BCUT2D eigenvalue weighted by Crippen LogP contribution is -2.51. The minimum Gasteiger partial charge on any atom is -0.376 e. The zero-order valence-electron chi connectivity index (χ0n) is 17.5. The third-order valence-electron chi connectivity index (χ3n) is 4.38. The van der Waals surface area contributed by atoms with Crippen LogP contribution in [0.5, 0.6) is 0 Å². The van der Waals surface area contributed by atoms with Crippen molar-refractivity contribution in [2.45, 2.75) is 64.8 Å². The van der Waals surface area contributed by atoms with Crippen LogP contribution < -0.4 is 16.0 Å². The van der Waals surface area contributed by atoms with Crippen LogP contribution in [0.15, 0.2) is 29.3 Å². The average Bonchev–Trinajstić information content (AvgIpc) is 3.17. The number of aliphatic imine (C=N–C) groups is 1. The summed E-state index contributed by atoms with van der Waals surface area (Å²) in [6.45, 7) is 8.96. The first kappa shape index (κ1) is 22.6. The Hall–Kier alpha value is -2.68. The van der Waals surface area contributed by atoms with Crippen LogP contribution in [-0.4, -0.2) is 47.6 Å². The normalized spacial score (nSPS) is 18.2. The molecule has 3 N–H and O–H groups in total. The van der Waals surface area contributed by atoms with Crippen LogP contribution in [0, 0.1) is 10.1 Å². The second-order valence-corrected chi connectivity index (χ2v) is 8.22. The number of hydrogen-bond donors (Lipinski definition) is 3. The van der Waals surface area contributed by atoms with Gasteiger partial charge in [0, 0.05) is 24.3 Å². The summed E-state index contributed by atoms with van der Waals surface area (Å²) in [6.07, 6.45) is 2.12. The van der Waals surface area contributed by atoms with E-state index < -0.39 is 4.92 Å². The van der Waals surface area contributed by atoms with Crippen LogP contribution in [0.1, 0.15) is 46.1 Å². The number of nitro groups is 1. The highest BCUT2D eigenvalue weighted by atomic mass is 16.6. The molecule has 1 aliphatic heterocycles. The van der Waals surface area contributed by atoms with Gasteiger partial charge in [-0.1, -0.05) is 12.1 Å². The molecule has 2 unspecified atom stereocenters. The predicted molar refractivity (Wildman–Crippen MR) is 112 cm³/mol. The van der Waals surface area contributed by atoms with E-state index >= 15 is 0 Å². The van der Waals surface area contributed by atoms with E-state index in [2.05, 4.69) is 20.9 Å². The summed E-state index contributed by atoms with van der Waals surface area (Å²) >= 11 is 0. The lowest BCUT2D eigenvalue weighted by atomic mass is 10.1. The van der Waals surface area contributed by atoms with Gasteiger partial charge in [0.05, 0.1) is 30.2 Å². The number of carbonyl (C=O) groups is 1. The van der Waals surface area contributed by atoms with Gasteiger partial charge in [-0.2, -0.15) is 0 Å². The molecule has 1 aliphatic rings. The molecule has 1 heterocycles. The second kappa shape index (κ2) is 10.2. The first-order valence-electron chi connectivity index (χ1n) is 9.85. The Labute approximate surface area is 171 Å². The Balaban J connectivity index is 2.02. The molecule has 0 aliphatic carbocycles. The first-order valence-corrected chi connectivity index (χ1v) is 9.85. The molecule has 0 radical (unpaired) electrons. The van der Waals surface area contributed by atoms with E-state index in [-0.39, 0.29) is 35.8 Å². The van der Waals surface area contributed by atoms with Crippen molar-refractivity contribution in [2.75, 3.05) is 13.2 Å². The maximum atomic E-state index is 12.1. The minimum atomic E-state index is -0.432. The summed E-state index contributed by atoms with van der Waals surface area (Å²) in [4.78, 5) is 27.0. The number of nitrogens with one attached hydrogen (secondary N) is 3. The van der Waals surface area contributed by atoms with E-state index in [0.717, 1.165) is 25.0 Å². The fraction of sp³-hybridized carbons (Fsp3) is 0.600. The van der Waals surface area contributed by atoms with Gasteiger partial charge < -0.3 is 20.7 Å². The van der Waals surface area contributed by atoms with E-state index in [9.17, 15) is 14.9 Å². The maximum absolute atomic E-state index is 12.1. The number of nitrogens with zero attached hydrogens (tertiary/aromatic N) is 2. The van der Waals surface area contributed by atoms with E-state index in [1.807, 2.05) is 27.7 Å². The van der Waals surface area contributed by atoms with Crippen LogP contribution in [0.3, 0.4) is 0 Å². The van der Waals surface area contributed by atoms with Crippen molar-refractivity contribution in [1.82, 2.24) is 16.0 Å². The standard InChI is InChI=1S/C20H31N5O4/c1-14(17-6-5-11-29-17)23-19(22-13-18(26)24-20(2,3)4)21-12-15-7-9-16(10-8-15)25(27)28/h7-10,14,17H,5-6,11-13H2,1-4H3,(H,24,26)(H2,21,22,23). The molecule has 2 atom stereocenters. The number of amides is 1. The molecule has 0 aromatic heterocycles. The van der Waals surface area contributed by atoms with Crippen LogP contribution in [0.4, 0.5) is 5.69 Å². The predicted octanol–water partition coefficient (Wildman–Crippen LogP) is 2.11. The number of ether oxygens (including phenoxy) is 1. The number of rotatable bonds is 7. The topological polar surface area (TPSA) is 118 Å². The Morgan fingerprint density at radius 1 is 1.34 bits per heavy atom. The van der Waals surface area contributed by atoms with Crippen molar-refractivity contribution in [3.63, 3.8) is 0 Å². The molecule has 0 spiro atoms. The Kier molecular flexibility index (Phi) is 7.95. The summed E-state index contributed by atoms with van der Waals surface area (Å²) in [7, 11) is 0. The van der Waals surface area contributed by atoms with Gasteiger partial charge in [-0.25, -0.2) is 4.99 Å². The molecular formula is C20H31N5O4. The first-order chi connectivity index (χ1) is 13.6. The summed E-state index contributed by atoms with van der Waals surface area (Å²) in [5.74, 6) is 0.363. The Morgan fingerprint density at radius 2 is 2.03 bits per heavy atom. The van der Waals surface area contributed by atoms with Crippen molar-refractivity contribution in [2.24, 2.45) is 4.99 Å². The molecular weight excluding hydrogens is 374 g/mol. The Bertz CT molecular complexity index is 721. The third kappa shape index (κ3) is 8.06. The zero-order valence-corrected chi connectivity index (χ0v) is 17.5. The Morgan fingerprint density at radius 3 is 2.59 bits per heavy atom. The molecule has 0 saturated carbocycles. The fourth-order valence-electron chi connectivity index (χ4n) is 2.98. The summed E-state index contributed by atoms with van der Waals surface area (Å²) < 4.78 is 5.72. The lowest BCUT2D eigenvalue weighted by molar-refractivity contribution is -0.384. The second-order valence-electron chi connectivity index (χ2n) is 8.22. The van der Waals surface area contributed by atoms with Gasteiger partial charge in [0.1, 0.15) is 0 Å². The van der Waals surface area contributed by atoms with Gasteiger partial charge in [-0.15, -0.1) is 0 Å². The van der Waals surface area contributed by atoms with Gasteiger partial charge >= 0.3 is 0 Å². The molecule has 29 heavy (non-hydrogen) atoms. The number of nitro benzene ring substituents is 1. The van der Waals surface area contributed by atoms with Crippen LogP contribution in [-0.2, 0) is 16.1 Å². The molecule has 1 saturated heterocycles. The van der Waals surface area contributed by atoms with Crippen molar-refractivity contribution in [3.8, 4) is 0 Å². The monoisotopic (exact) mass is 405 g/mol. The van der Waals surface area contributed by atoms with Crippen molar-refractivity contribution >= 4 is 17.6 Å². The van der Waals surface area contributed by atoms with Crippen molar-refractivity contribution < 1.29 is 14.5 Å². The lowest BCUT2D eigenvalue weighted by Gasteiger charge is -2.24. The van der Waals surface area contributed by atoms with E-state index in [1.54, 1.807) is 12.1 Å². The van der Waals surface area contributed by atoms with Crippen molar-refractivity contribution in [3.05, 3.63) is 39.9 Å². The molecule has 1 amide bonds. The molecule has 1 fully saturated rings. The number of non-ortho nitro benzene ring substituents is 1. The largest absolute Gasteiger partial charge is 0.376 e. The average molecular weight is 405 g/mol. The summed E-state index contributed by atoms with van der Waals surface area (Å²) in [5, 5.41) is 20.0. The molecule has 1 aromatic carbocycles. The minimum absolute atomic E-state index is 0.0336. The van der Waals surface area contributed by atoms with E-state index in [0.29, 0.717) is 12.5 Å². The molecule has 2 rings (SSSR count). The number of benzene rings is 1. The molecule has 0 bridgehead atoms. The summed E-state index contributed by atoms with van der Waals surface area (Å²) in [6, 6.07) is 6.30. The van der Waals surface area contributed by atoms with Crippen LogP contribution in [0.25, 0.3) is 0 Å². The molecule has 1 aromatic rings. The zero-order chi connectivity index (χ0) is 21.4. The summed E-state index contributed by atoms with van der Waals surface area (Å²) in [5.41, 5.74) is 0.563. The van der Waals surface area contributed by atoms with Gasteiger partial charge in [-0.05, 0) is 46.1 Å². The molecule has 160 valence electrons. The molecule has 9 nitrogen and oxygen atoms in total. The van der Waals surface area contributed by atoms with Crippen molar-refractivity contribution in [1.29, 1.82) is 0 Å². The smallest absolute Gasteiger partial charge is 0.269 e. The van der Waals surface area contributed by atoms with Gasteiger partial charge in [-0.3, -0.25) is 14.9 Å². The van der Waals surface area contributed by atoms with E-state index in [1.165, 1.54) is 12.1 Å². The highest BCUT2D eigenvalue weighted by molar-refractivity contribution is 5.86. The van der Waals surface area contributed by atoms with Gasteiger partial charge in [0.2, 0.25) is 5.91 Å². The van der Waals surface area contributed by atoms with E-state index in [4.69, 9.17) is 4.74 Å². The number of guanidine groups is 1. The van der Waals surface area contributed by atoms with Gasteiger partial charge in [0.25, 0.3) is 5.69 Å². The maximum Gasteiger partial charge on any atom is 0.269 e. The van der Waals surface area contributed by atoms with Crippen LogP contribution in [0.2, 0.25) is 0 Å². The third-order valence-corrected chi connectivity index (χ3v) is 4.38. The quantitative estimate of drug-likeness (QED) is 0.277.